The van der Waals surface area contributed by atoms with Gasteiger partial charge in [-0.05, 0) is 19.4 Å². The van der Waals surface area contributed by atoms with E-state index < -0.39 is 17.6 Å². The highest BCUT2D eigenvalue weighted by Gasteiger charge is 2.41. The van der Waals surface area contributed by atoms with Gasteiger partial charge < -0.3 is 15.0 Å². The highest BCUT2D eigenvalue weighted by molar-refractivity contribution is 5.70. The molecule has 0 saturated heterocycles. The summed E-state index contributed by atoms with van der Waals surface area (Å²) < 4.78 is 34.8. The Morgan fingerprint density at radius 1 is 1.64 bits per heavy atom. The summed E-state index contributed by atoms with van der Waals surface area (Å²) >= 11 is 0. The van der Waals surface area contributed by atoms with Gasteiger partial charge in [0.2, 0.25) is 5.95 Å². The SMILES string of the molecule is C=C(C)C(F)(F)C(Cn1cnc2c(=O)[nH]c(N)nc21)OCC. The average molecular weight is 313 g/mol. The van der Waals surface area contributed by atoms with E-state index in [4.69, 9.17) is 10.5 Å². The summed E-state index contributed by atoms with van der Waals surface area (Å²) in [5.74, 6) is -3.34. The van der Waals surface area contributed by atoms with Crippen molar-refractivity contribution in [3.63, 3.8) is 0 Å². The van der Waals surface area contributed by atoms with Crippen molar-refractivity contribution in [2.24, 2.45) is 0 Å². The summed E-state index contributed by atoms with van der Waals surface area (Å²) in [5.41, 5.74) is 4.80. The Balaban J connectivity index is 2.43. The van der Waals surface area contributed by atoms with Gasteiger partial charge in [0.05, 0.1) is 12.9 Å². The molecular weight excluding hydrogens is 296 g/mol. The largest absolute Gasteiger partial charge is 0.370 e. The molecule has 0 aromatic carbocycles. The molecule has 2 aromatic rings. The lowest BCUT2D eigenvalue weighted by Gasteiger charge is -2.27. The molecule has 7 nitrogen and oxygen atoms in total. The number of anilines is 1. The second-order valence-electron chi connectivity index (χ2n) is 4.87. The Labute approximate surface area is 124 Å². The topological polar surface area (TPSA) is 98.8 Å². The van der Waals surface area contributed by atoms with Gasteiger partial charge in [-0.2, -0.15) is 13.8 Å². The smallest absolute Gasteiger partial charge is 0.296 e. The molecule has 0 radical (unpaired) electrons. The van der Waals surface area contributed by atoms with Gasteiger partial charge in [-0.1, -0.05) is 6.58 Å². The van der Waals surface area contributed by atoms with E-state index in [0.717, 1.165) is 0 Å². The summed E-state index contributed by atoms with van der Waals surface area (Å²) in [6, 6.07) is 0. The van der Waals surface area contributed by atoms with E-state index in [1.165, 1.54) is 17.8 Å². The molecule has 22 heavy (non-hydrogen) atoms. The number of imidazole rings is 1. The molecule has 0 saturated carbocycles. The third-order valence-electron chi connectivity index (χ3n) is 3.20. The minimum absolute atomic E-state index is 0.0306. The lowest BCUT2D eigenvalue weighted by Crippen LogP contribution is -2.40. The Kier molecular flexibility index (Phi) is 4.27. The molecule has 120 valence electrons. The number of hydrogen-bond donors (Lipinski definition) is 2. The molecule has 0 aliphatic rings. The maximum atomic E-state index is 14.2. The Morgan fingerprint density at radius 2 is 2.32 bits per heavy atom. The highest BCUT2D eigenvalue weighted by Crippen LogP contribution is 2.30. The van der Waals surface area contributed by atoms with Gasteiger partial charge in [-0.25, -0.2) is 4.98 Å². The van der Waals surface area contributed by atoms with Crippen LogP contribution in [-0.4, -0.2) is 38.2 Å². The number of H-pyrrole nitrogens is 1. The fourth-order valence-corrected chi connectivity index (χ4v) is 2.03. The van der Waals surface area contributed by atoms with E-state index >= 15 is 0 Å². The number of nitrogens with zero attached hydrogens (tertiary/aromatic N) is 3. The first-order chi connectivity index (χ1) is 10.3. The van der Waals surface area contributed by atoms with Crippen molar-refractivity contribution in [3.05, 3.63) is 28.8 Å². The van der Waals surface area contributed by atoms with Gasteiger partial charge >= 0.3 is 0 Å². The van der Waals surface area contributed by atoms with Crippen LogP contribution in [0.4, 0.5) is 14.7 Å². The van der Waals surface area contributed by atoms with Gasteiger partial charge in [0.25, 0.3) is 11.5 Å². The summed E-state index contributed by atoms with van der Waals surface area (Å²) in [6.45, 7) is 6.03. The van der Waals surface area contributed by atoms with Crippen LogP contribution in [0.3, 0.4) is 0 Å². The molecule has 2 rings (SSSR count). The predicted octanol–water partition coefficient (Wildman–Crippen LogP) is 1.32. The highest BCUT2D eigenvalue weighted by atomic mass is 19.3. The summed E-state index contributed by atoms with van der Waals surface area (Å²) in [6.07, 6.45) is -0.193. The maximum Gasteiger partial charge on any atom is 0.296 e. The standard InChI is InChI=1S/C13H17F2N5O2/c1-4-22-8(13(14,15)7(2)3)5-20-6-17-9-10(20)18-12(16)19-11(9)21/h6,8H,2,4-5H2,1,3H3,(H3,16,18,19,21). The first-order valence-corrected chi connectivity index (χ1v) is 6.63. The van der Waals surface area contributed by atoms with Crippen molar-refractivity contribution < 1.29 is 13.5 Å². The fraction of sp³-hybridized carbons (Fsp3) is 0.462. The zero-order valence-corrected chi connectivity index (χ0v) is 12.3. The van der Waals surface area contributed by atoms with Crippen LogP contribution in [0.15, 0.2) is 23.3 Å². The Bertz CT molecular complexity index is 752. The third kappa shape index (κ3) is 2.84. The molecule has 2 heterocycles. The molecule has 0 bridgehead atoms. The minimum atomic E-state index is -3.22. The van der Waals surface area contributed by atoms with Crippen molar-refractivity contribution in [3.8, 4) is 0 Å². The number of fused-ring (bicyclic) bond motifs is 1. The van der Waals surface area contributed by atoms with Gasteiger partial charge in [-0.3, -0.25) is 9.78 Å². The number of alkyl halides is 2. The number of ether oxygens (including phenoxy) is 1. The minimum Gasteiger partial charge on any atom is -0.370 e. The molecule has 1 atom stereocenters. The lowest BCUT2D eigenvalue weighted by molar-refractivity contribution is -0.116. The molecule has 0 fully saturated rings. The second kappa shape index (κ2) is 5.84. The van der Waals surface area contributed by atoms with Crippen molar-refractivity contribution in [1.82, 2.24) is 19.5 Å². The molecule has 1 unspecified atom stereocenters. The number of halogens is 2. The van der Waals surface area contributed by atoms with Crippen molar-refractivity contribution in [2.45, 2.75) is 32.4 Å². The summed E-state index contributed by atoms with van der Waals surface area (Å²) in [5, 5.41) is 0. The van der Waals surface area contributed by atoms with Crippen LogP contribution < -0.4 is 11.3 Å². The first-order valence-electron chi connectivity index (χ1n) is 6.63. The normalized spacial score (nSPS) is 13.5. The van der Waals surface area contributed by atoms with E-state index in [1.54, 1.807) is 6.92 Å². The van der Waals surface area contributed by atoms with E-state index in [2.05, 4.69) is 21.5 Å². The molecule has 3 N–H and O–H groups in total. The zero-order valence-electron chi connectivity index (χ0n) is 12.3. The number of rotatable bonds is 6. The van der Waals surface area contributed by atoms with Gasteiger partial charge in [0.15, 0.2) is 11.2 Å². The predicted molar refractivity (Wildman–Crippen MR) is 77.7 cm³/mol. The molecule has 9 heteroatoms. The Hall–Kier alpha value is -2.29. The van der Waals surface area contributed by atoms with Crippen LogP contribution in [0.5, 0.6) is 0 Å². The average Bonchev–Trinajstić information content (AvgIpc) is 2.81. The van der Waals surface area contributed by atoms with Crippen molar-refractivity contribution >= 4 is 17.1 Å². The monoisotopic (exact) mass is 313 g/mol. The number of nitrogen functional groups attached to an aromatic ring is 1. The van der Waals surface area contributed by atoms with Crippen LogP contribution >= 0.6 is 0 Å². The van der Waals surface area contributed by atoms with Gasteiger partial charge in [0.1, 0.15) is 6.10 Å². The second-order valence-corrected chi connectivity index (χ2v) is 4.87. The van der Waals surface area contributed by atoms with E-state index in [-0.39, 0.29) is 35.8 Å². The summed E-state index contributed by atoms with van der Waals surface area (Å²) in [7, 11) is 0. The van der Waals surface area contributed by atoms with Crippen LogP contribution in [-0.2, 0) is 11.3 Å². The van der Waals surface area contributed by atoms with E-state index in [9.17, 15) is 13.6 Å². The Morgan fingerprint density at radius 3 is 2.91 bits per heavy atom. The molecule has 0 aliphatic carbocycles. The maximum absolute atomic E-state index is 14.2. The van der Waals surface area contributed by atoms with Crippen LogP contribution in [0, 0.1) is 0 Å². The quantitative estimate of drug-likeness (QED) is 0.784. The molecule has 0 amide bonds. The number of aromatic nitrogens is 4. The van der Waals surface area contributed by atoms with Crippen LogP contribution in [0.25, 0.3) is 11.2 Å². The zero-order chi connectivity index (χ0) is 16.5. The van der Waals surface area contributed by atoms with Crippen LogP contribution in [0.1, 0.15) is 13.8 Å². The summed E-state index contributed by atoms with van der Waals surface area (Å²) in [4.78, 5) is 21.8. The van der Waals surface area contributed by atoms with Crippen LogP contribution in [0.2, 0.25) is 0 Å². The van der Waals surface area contributed by atoms with Gasteiger partial charge in [-0.15, -0.1) is 0 Å². The molecular formula is C13H17F2N5O2. The molecule has 2 aromatic heterocycles. The number of nitrogens with one attached hydrogen (secondary N) is 1. The first kappa shape index (κ1) is 16.1. The lowest BCUT2D eigenvalue weighted by atomic mass is 10.1. The van der Waals surface area contributed by atoms with Gasteiger partial charge in [0, 0.05) is 6.61 Å². The van der Waals surface area contributed by atoms with E-state index in [1.807, 2.05) is 0 Å². The molecule has 0 aliphatic heterocycles. The van der Waals surface area contributed by atoms with Crippen molar-refractivity contribution in [2.75, 3.05) is 12.3 Å². The molecule has 0 spiro atoms. The fourth-order valence-electron chi connectivity index (χ4n) is 2.03. The third-order valence-corrected chi connectivity index (χ3v) is 3.20. The van der Waals surface area contributed by atoms with E-state index in [0.29, 0.717) is 0 Å². The number of nitrogens with two attached hydrogens (primary N) is 1. The van der Waals surface area contributed by atoms with Crippen molar-refractivity contribution in [1.29, 1.82) is 0 Å². The number of aromatic amines is 1. The number of hydrogen-bond acceptors (Lipinski definition) is 5.